The van der Waals surface area contributed by atoms with Crippen LogP contribution in [0.4, 0.5) is 13.2 Å². The van der Waals surface area contributed by atoms with Crippen LogP contribution in [-0.4, -0.2) is 47.9 Å². The summed E-state index contributed by atoms with van der Waals surface area (Å²) in [4.78, 5) is 12.6. The molecule has 1 rings (SSSR count). The lowest BCUT2D eigenvalue weighted by atomic mass is 10.1. The summed E-state index contributed by atoms with van der Waals surface area (Å²) >= 11 is 4.08. The zero-order valence-corrected chi connectivity index (χ0v) is 14.5. The zero-order chi connectivity index (χ0) is 18.2. The van der Waals surface area contributed by atoms with Gasteiger partial charge in [0.15, 0.2) is 0 Å². The molecule has 0 saturated carbocycles. The molecule has 136 valence electrons. The molecular weight excluding hydrogens is 339 g/mol. The van der Waals surface area contributed by atoms with Crippen LogP contribution in [-0.2, 0) is 11.3 Å². The molecule has 8 heteroatoms. The van der Waals surface area contributed by atoms with E-state index in [-0.39, 0.29) is 25.2 Å². The Hall–Kier alpha value is -1.25. The van der Waals surface area contributed by atoms with Gasteiger partial charge in [-0.05, 0) is 12.0 Å². The number of nitrogens with two attached hydrogens (primary N) is 1. The number of halogens is 3. The van der Waals surface area contributed by atoms with Crippen LogP contribution < -0.4 is 11.1 Å². The number of nitrogens with one attached hydrogen (secondary N) is 1. The number of carbonyl (C=O) groups is 1. The van der Waals surface area contributed by atoms with Crippen LogP contribution in [0.2, 0.25) is 0 Å². The highest BCUT2D eigenvalue weighted by atomic mass is 32.1. The van der Waals surface area contributed by atoms with E-state index in [4.69, 9.17) is 5.73 Å². The van der Waals surface area contributed by atoms with E-state index in [0.29, 0.717) is 24.3 Å². The van der Waals surface area contributed by atoms with Gasteiger partial charge < -0.3 is 16.0 Å². The monoisotopic (exact) mass is 363 g/mol. The fourth-order valence-corrected chi connectivity index (χ4v) is 2.32. The number of benzene rings is 1. The summed E-state index contributed by atoms with van der Waals surface area (Å²) in [5.74, 6) is -1.36. The largest absolute Gasteiger partial charge is 0.471 e. The third-order valence-corrected chi connectivity index (χ3v) is 4.05. The zero-order valence-electron chi connectivity index (χ0n) is 13.6. The summed E-state index contributed by atoms with van der Waals surface area (Å²) in [7, 11) is 0. The third-order valence-electron chi connectivity index (χ3n) is 3.58. The van der Waals surface area contributed by atoms with Crippen LogP contribution in [0.15, 0.2) is 30.3 Å². The second kappa shape index (κ2) is 9.90. The summed E-state index contributed by atoms with van der Waals surface area (Å²) in [6, 6.07) is 8.16. The number of carbonyl (C=O) groups excluding carboxylic acids is 1. The molecule has 0 aliphatic carbocycles. The fraction of sp³-hybridized carbons (Fsp3) is 0.562. The Kier molecular flexibility index (Phi) is 8.58. The molecule has 0 bridgehead atoms. The first-order valence-electron chi connectivity index (χ1n) is 7.77. The molecule has 0 aliphatic heterocycles. The van der Waals surface area contributed by atoms with Crippen molar-refractivity contribution in [1.82, 2.24) is 10.2 Å². The minimum Gasteiger partial charge on any atom is -0.329 e. The predicted octanol–water partition coefficient (Wildman–Crippen LogP) is 2.20. The van der Waals surface area contributed by atoms with E-state index in [1.807, 2.05) is 6.92 Å². The van der Waals surface area contributed by atoms with Crippen LogP contribution in [0.5, 0.6) is 0 Å². The van der Waals surface area contributed by atoms with Gasteiger partial charge in [-0.1, -0.05) is 37.3 Å². The van der Waals surface area contributed by atoms with E-state index >= 15 is 0 Å². The van der Waals surface area contributed by atoms with Gasteiger partial charge in [-0.15, -0.1) is 0 Å². The van der Waals surface area contributed by atoms with E-state index in [9.17, 15) is 18.0 Å². The summed E-state index contributed by atoms with van der Waals surface area (Å²) < 4.78 is 38.6. The smallest absolute Gasteiger partial charge is 0.329 e. The first-order valence-corrected chi connectivity index (χ1v) is 8.41. The molecular formula is C16H24F3N3OS. The van der Waals surface area contributed by atoms with Gasteiger partial charge in [-0.25, -0.2) is 0 Å². The van der Waals surface area contributed by atoms with Gasteiger partial charge in [0.1, 0.15) is 0 Å². The van der Waals surface area contributed by atoms with E-state index in [1.165, 1.54) is 0 Å². The fourth-order valence-electron chi connectivity index (χ4n) is 2.19. The maximum Gasteiger partial charge on any atom is 0.471 e. The second-order valence-electron chi connectivity index (χ2n) is 5.63. The average Bonchev–Trinajstić information content (AvgIpc) is 2.56. The summed E-state index contributed by atoms with van der Waals surface area (Å²) in [6.07, 6.45) is -4.32. The number of alkyl halides is 3. The number of hydrogen-bond donors (Lipinski definition) is 3. The molecule has 24 heavy (non-hydrogen) atoms. The highest BCUT2D eigenvalue weighted by Crippen LogP contribution is 2.20. The highest BCUT2D eigenvalue weighted by Gasteiger charge is 2.42. The molecule has 0 heterocycles. The lowest BCUT2D eigenvalue weighted by molar-refractivity contribution is -0.186. The number of thiol groups is 1. The quantitative estimate of drug-likeness (QED) is 0.590. The number of amides is 1. The van der Waals surface area contributed by atoms with Crippen LogP contribution in [0.25, 0.3) is 0 Å². The lowest BCUT2D eigenvalue weighted by Gasteiger charge is -2.29. The van der Waals surface area contributed by atoms with Crippen LogP contribution in [0.3, 0.4) is 0 Å². The van der Waals surface area contributed by atoms with E-state index in [0.717, 1.165) is 4.90 Å². The van der Waals surface area contributed by atoms with Gasteiger partial charge in [-0.3, -0.25) is 4.79 Å². The minimum absolute atomic E-state index is 0.0387. The second-order valence-corrected chi connectivity index (χ2v) is 5.99. The molecule has 0 unspecified atom stereocenters. The molecule has 3 N–H and O–H groups in total. The Balaban J connectivity index is 2.81. The molecule has 1 aromatic rings. The predicted molar refractivity (Wildman–Crippen MR) is 91.8 cm³/mol. The first-order chi connectivity index (χ1) is 11.3. The van der Waals surface area contributed by atoms with Crippen LogP contribution in [0.1, 0.15) is 18.9 Å². The molecule has 0 fully saturated rings. The third kappa shape index (κ3) is 7.11. The van der Waals surface area contributed by atoms with Crippen molar-refractivity contribution in [2.45, 2.75) is 38.1 Å². The SMILES string of the molecule is CC[C@@H](CN(Cc1ccccc1)C(=O)C(F)(F)F)NC[C@@H](N)CS. The van der Waals surface area contributed by atoms with Crippen molar-refractivity contribution in [3.63, 3.8) is 0 Å². The topological polar surface area (TPSA) is 58.4 Å². The maximum absolute atomic E-state index is 12.9. The Morgan fingerprint density at radius 2 is 1.96 bits per heavy atom. The first kappa shape index (κ1) is 20.8. The molecule has 0 aromatic heterocycles. The van der Waals surface area contributed by atoms with Crippen LogP contribution in [0, 0.1) is 0 Å². The van der Waals surface area contributed by atoms with Gasteiger partial charge >= 0.3 is 12.1 Å². The van der Waals surface area contributed by atoms with Gasteiger partial charge in [0, 0.05) is 37.5 Å². The Morgan fingerprint density at radius 1 is 1.33 bits per heavy atom. The molecule has 0 spiro atoms. The molecule has 0 radical (unpaired) electrons. The average molecular weight is 363 g/mol. The normalized spacial score (nSPS) is 14.2. The van der Waals surface area contributed by atoms with Crippen molar-refractivity contribution in [1.29, 1.82) is 0 Å². The van der Waals surface area contributed by atoms with Crippen LogP contribution >= 0.6 is 12.6 Å². The minimum atomic E-state index is -4.89. The molecule has 4 nitrogen and oxygen atoms in total. The molecule has 1 aromatic carbocycles. The summed E-state index contributed by atoms with van der Waals surface area (Å²) in [6.45, 7) is 2.16. The number of nitrogens with zero attached hydrogens (tertiary/aromatic N) is 1. The lowest BCUT2D eigenvalue weighted by Crippen LogP contribution is -2.49. The maximum atomic E-state index is 12.9. The Bertz CT molecular complexity index is 499. The number of hydrogen-bond acceptors (Lipinski definition) is 4. The molecule has 1 amide bonds. The van der Waals surface area contributed by atoms with E-state index in [1.54, 1.807) is 30.3 Å². The standard InChI is InChI=1S/C16H24F3N3OS/c1-2-14(21-8-13(20)11-24)10-22(15(23)16(17,18)19)9-12-6-4-3-5-7-12/h3-7,13-14,21,24H,2,8-11,20H2,1H3/t13-,14+/m1/s1. The summed E-state index contributed by atoms with van der Waals surface area (Å²) in [5.41, 5.74) is 6.41. The van der Waals surface area contributed by atoms with Gasteiger partial charge in [-0.2, -0.15) is 25.8 Å². The van der Waals surface area contributed by atoms with E-state index < -0.39 is 12.1 Å². The van der Waals surface area contributed by atoms with Gasteiger partial charge in [0.2, 0.25) is 0 Å². The van der Waals surface area contributed by atoms with Gasteiger partial charge in [0.25, 0.3) is 0 Å². The highest BCUT2D eigenvalue weighted by molar-refractivity contribution is 7.80. The van der Waals surface area contributed by atoms with Crippen molar-refractivity contribution >= 4 is 18.5 Å². The van der Waals surface area contributed by atoms with E-state index in [2.05, 4.69) is 17.9 Å². The molecule has 0 saturated heterocycles. The Labute approximate surface area is 146 Å². The van der Waals surface area contributed by atoms with Crippen molar-refractivity contribution in [2.24, 2.45) is 5.73 Å². The Morgan fingerprint density at radius 3 is 2.46 bits per heavy atom. The van der Waals surface area contributed by atoms with Gasteiger partial charge in [0.05, 0.1) is 0 Å². The van der Waals surface area contributed by atoms with Crippen molar-refractivity contribution in [3.8, 4) is 0 Å². The van der Waals surface area contributed by atoms with Crippen molar-refractivity contribution < 1.29 is 18.0 Å². The number of rotatable bonds is 9. The summed E-state index contributed by atoms with van der Waals surface area (Å²) in [5, 5.41) is 3.11. The van der Waals surface area contributed by atoms with Crippen molar-refractivity contribution in [2.75, 3.05) is 18.8 Å². The molecule has 0 aliphatic rings. The molecule has 2 atom stereocenters. The van der Waals surface area contributed by atoms with Crippen molar-refractivity contribution in [3.05, 3.63) is 35.9 Å².